The number of piperazine rings is 1. The van der Waals surface area contributed by atoms with Crippen molar-refractivity contribution in [1.29, 1.82) is 0 Å². The standard InChI is InChI=1S/C25H25FN4S/c1-2-19-17-20-24(27-23(28-25(20)31-19)16-18-8-4-3-5-9-18)30-14-12-29(13-15-30)22-11-7-6-10-21(22)26/h3-11,17H,2,12-16H2,1H3. The van der Waals surface area contributed by atoms with Crippen LogP contribution in [0.5, 0.6) is 0 Å². The molecule has 0 unspecified atom stereocenters. The van der Waals surface area contributed by atoms with Gasteiger partial charge in [-0.1, -0.05) is 49.4 Å². The van der Waals surface area contributed by atoms with Gasteiger partial charge in [0, 0.05) is 37.5 Å². The molecule has 1 fully saturated rings. The molecule has 0 radical (unpaired) electrons. The molecule has 0 spiro atoms. The van der Waals surface area contributed by atoms with Crippen LogP contribution in [0.3, 0.4) is 0 Å². The van der Waals surface area contributed by atoms with Crippen molar-refractivity contribution in [2.45, 2.75) is 19.8 Å². The fourth-order valence-electron chi connectivity index (χ4n) is 4.14. The number of rotatable bonds is 5. The van der Waals surface area contributed by atoms with Crippen LogP contribution in [0, 0.1) is 5.82 Å². The van der Waals surface area contributed by atoms with Gasteiger partial charge in [-0.25, -0.2) is 14.4 Å². The zero-order valence-electron chi connectivity index (χ0n) is 17.6. The Morgan fingerprint density at radius 2 is 1.61 bits per heavy atom. The molecule has 0 amide bonds. The van der Waals surface area contributed by atoms with Gasteiger partial charge in [-0.2, -0.15) is 0 Å². The topological polar surface area (TPSA) is 32.3 Å². The summed E-state index contributed by atoms with van der Waals surface area (Å²) in [5.41, 5.74) is 1.90. The average molecular weight is 433 g/mol. The van der Waals surface area contributed by atoms with E-state index >= 15 is 0 Å². The number of aryl methyl sites for hydroxylation is 1. The second-order valence-corrected chi connectivity index (χ2v) is 8.95. The molecule has 1 saturated heterocycles. The quantitative estimate of drug-likeness (QED) is 0.428. The molecular formula is C25H25FN4S. The zero-order valence-corrected chi connectivity index (χ0v) is 18.4. The van der Waals surface area contributed by atoms with Gasteiger partial charge in [-0.3, -0.25) is 0 Å². The average Bonchev–Trinajstić information content (AvgIpc) is 3.23. The molecule has 1 aliphatic rings. The number of aromatic nitrogens is 2. The Balaban J connectivity index is 1.44. The summed E-state index contributed by atoms with van der Waals surface area (Å²) < 4.78 is 14.2. The van der Waals surface area contributed by atoms with Gasteiger partial charge in [0.1, 0.15) is 22.3 Å². The highest BCUT2D eigenvalue weighted by atomic mass is 32.1. The largest absolute Gasteiger partial charge is 0.366 e. The summed E-state index contributed by atoms with van der Waals surface area (Å²) in [7, 11) is 0. The maximum Gasteiger partial charge on any atom is 0.146 e. The van der Waals surface area contributed by atoms with E-state index in [0.717, 1.165) is 60.9 Å². The first-order chi connectivity index (χ1) is 15.2. The molecule has 1 aliphatic heterocycles. The van der Waals surface area contributed by atoms with Crippen molar-refractivity contribution in [2.75, 3.05) is 36.0 Å². The van der Waals surface area contributed by atoms with Gasteiger partial charge in [0.2, 0.25) is 0 Å². The molecule has 0 N–H and O–H groups in total. The van der Waals surface area contributed by atoms with Gasteiger partial charge in [0.15, 0.2) is 0 Å². The first-order valence-corrected chi connectivity index (χ1v) is 11.6. The number of thiophene rings is 1. The van der Waals surface area contributed by atoms with Gasteiger partial charge in [0.05, 0.1) is 11.1 Å². The number of halogens is 1. The number of fused-ring (bicyclic) bond motifs is 1. The van der Waals surface area contributed by atoms with Crippen LogP contribution in [-0.2, 0) is 12.8 Å². The monoisotopic (exact) mass is 432 g/mol. The van der Waals surface area contributed by atoms with Crippen LogP contribution in [0.25, 0.3) is 10.2 Å². The Kier molecular flexibility index (Phi) is 5.55. The molecule has 4 nitrogen and oxygen atoms in total. The van der Waals surface area contributed by atoms with Crippen LogP contribution < -0.4 is 9.80 Å². The summed E-state index contributed by atoms with van der Waals surface area (Å²) in [4.78, 5) is 16.7. The number of hydrogen-bond donors (Lipinski definition) is 0. The molecule has 158 valence electrons. The van der Waals surface area contributed by atoms with E-state index in [2.05, 4.69) is 47.1 Å². The summed E-state index contributed by atoms with van der Waals surface area (Å²) >= 11 is 1.76. The van der Waals surface area contributed by atoms with Crippen LogP contribution in [0.1, 0.15) is 23.2 Å². The van der Waals surface area contributed by atoms with Gasteiger partial charge in [-0.05, 0) is 30.2 Å². The SMILES string of the molecule is CCc1cc2c(N3CCN(c4ccccc4F)CC3)nc(Cc3ccccc3)nc2s1. The Morgan fingerprint density at radius 1 is 0.903 bits per heavy atom. The minimum Gasteiger partial charge on any atom is -0.366 e. The molecule has 4 aromatic rings. The fraction of sp³-hybridized carbons (Fsp3) is 0.280. The summed E-state index contributed by atoms with van der Waals surface area (Å²) in [5, 5.41) is 1.14. The molecule has 6 heteroatoms. The first kappa shape index (κ1) is 19.9. The molecule has 0 saturated carbocycles. The highest BCUT2D eigenvalue weighted by Gasteiger charge is 2.23. The van der Waals surface area contributed by atoms with E-state index in [1.54, 1.807) is 17.4 Å². The molecule has 3 heterocycles. The summed E-state index contributed by atoms with van der Waals surface area (Å²) in [6.07, 6.45) is 1.72. The maximum atomic E-state index is 14.2. The van der Waals surface area contributed by atoms with Crippen molar-refractivity contribution in [3.8, 4) is 0 Å². The minimum atomic E-state index is -0.157. The number of nitrogens with zero attached hydrogens (tertiary/aromatic N) is 4. The molecule has 2 aromatic heterocycles. The normalized spacial score (nSPS) is 14.4. The second-order valence-electron chi connectivity index (χ2n) is 7.84. The minimum absolute atomic E-state index is 0.157. The third-order valence-electron chi connectivity index (χ3n) is 5.80. The van der Waals surface area contributed by atoms with Crippen molar-refractivity contribution in [3.05, 3.63) is 82.7 Å². The third-order valence-corrected chi connectivity index (χ3v) is 6.97. The predicted octanol–water partition coefficient (Wildman–Crippen LogP) is 5.31. The van der Waals surface area contributed by atoms with E-state index in [4.69, 9.17) is 9.97 Å². The Labute approximate surface area is 186 Å². The molecule has 2 aromatic carbocycles. The van der Waals surface area contributed by atoms with Gasteiger partial charge in [-0.15, -0.1) is 11.3 Å². The molecular weight excluding hydrogens is 407 g/mol. The lowest BCUT2D eigenvalue weighted by Gasteiger charge is -2.37. The lowest BCUT2D eigenvalue weighted by Crippen LogP contribution is -2.47. The zero-order chi connectivity index (χ0) is 21.2. The van der Waals surface area contributed by atoms with E-state index in [1.807, 2.05) is 18.2 Å². The van der Waals surface area contributed by atoms with Crippen molar-refractivity contribution in [1.82, 2.24) is 9.97 Å². The third kappa shape index (κ3) is 4.12. The van der Waals surface area contributed by atoms with E-state index in [1.165, 1.54) is 16.5 Å². The highest BCUT2D eigenvalue weighted by Crippen LogP contribution is 2.33. The predicted molar refractivity (Wildman–Crippen MR) is 127 cm³/mol. The number of benzene rings is 2. The van der Waals surface area contributed by atoms with Crippen LogP contribution >= 0.6 is 11.3 Å². The Hall–Kier alpha value is -2.99. The van der Waals surface area contributed by atoms with Crippen LogP contribution in [0.4, 0.5) is 15.9 Å². The molecule has 0 bridgehead atoms. The van der Waals surface area contributed by atoms with Crippen LogP contribution in [0.15, 0.2) is 60.7 Å². The number of anilines is 2. The molecule has 0 atom stereocenters. The van der Waals surface area contributed by atoms with Crippen LogP contribution in [0.2, 0.25) is 0 Å². The summed E-state index contributed by atoms with van der Waals surface area (Å²) in [6.45, 7) is 5.33. The Bertz CT molecular complexity index is 1180. The highest BCUT2D eigenvalue weighted by molar-refractivity contribution is 7.18. The number of hydrogen-bond acceptors (Lipinski definition) is 5. The van der Waals surface area contributed by atoms with Crippen molar-refractivity contribution >= 4 is 33.1 Å². The van der Waals surface area contributed by atoms with Crippen molar-refractivity contribution in [2.24, 2.45) is 0 Å². The lowest BCUT2D eigenvalue weighted by molar-refractivity contribution is 0.596. The number of para-hydroxylation sites is 1. The molecule has 0 aliphatic carbocycles. The Morgan fingerprint density at radius 3 is 2.35 bits per heavy atom. The maximum absolute atomic E-state index is 14.2. The van der Waals surface area contributed by atoms with E-state index in [-0.39, 0.29) is 5.82 Å². The smallest absolute Gasteiger partial charge is 0.146 e. The summed E-state index contributed by atoms with van der Waals surface area (Å²) in [6, 6.07) is 19.6. The fourth-order valence-corrected chi connectivity index (χ4v) is 5.12. The van der Waals surface area contributed by atoms with Gasteiger partial charge >= 0.3 is 0 Å². The van der Waals surface area contributed by atoms with Crippen molar-refractivity contribution in [3.63, 3.8) is 0 Å². The van der Waals surface area contributed by atoms with E-state index in [9.17, 15) is 4.39 Å². The van der Waals surface area contributed by atoms with Crippen LogP contribution in [-0.4, -0.2) is 36.1 Å². The van der Waals surface area contributed by atoms with E-state index in [0.29, 0.717) is 5.69 Å². The second kappa shape index (κ2) is 8.63. The van der Waals surface area contributed by atoms with Gasteiger partial charge < -0.3 is 9.80 Å². The molecule has 31 heavy (non-hydrogen) atoms. The summed E-state index contributed by atoms with van der Waals surface area (Å²) in [5.74, 6) is 1.71. The van der Waals surface area contributed by atoms with E-state index < -0.39 is 0 Å². The molecule has 5 rings (SSSR count). The lowest BCUT2D eigenvalue weighted by atomic mass is 10.1. The van der Waals surface area contributed by atoms with Gasteiger partial charge in [0.25, 0.3) is 0 Å². The first-order valence-electron chi connectivity index (χ1n) is 10.8. The van der Waals surface area contributed by atoms with Crippen molar-refractivity contribution < 1.29 is 4.39 Å².